The summed E-state index contributed by atoms with van der Waals surface area (Å²) in [6, 6.07) is 24.0. The van der Waals surface area contributed by atoms with Gasteiger partial charge in [-0.15, -0.1) is 0 Å². The molecule has 0 bridgehead atoms. The molecule has 0 fully saturated rings. The molecule has 6 heteroatoms. The zero-order valence-corrected chi connectivity index (χ0v) is 18.1. The van der Waals surface area contributed by atoms with Crippen molar-refractivity contribution in [1.82, 2.24) is 0 Å². The van der Waals surface area contributed by atoms with Gasteiger partial charge in [0.15, 0.2) is 0 Å². The summed E-state index contributed by atoms with van der Waals surface area (Å²) in [5, 5.41) is 12.8. The minimum Gasteiger partial charge on any atom is -0.489 e. The number of hydrogen-bond donors (Lipinski definition) is 1. The van der Waals surface area contributed by atoms with Crippen molar-refractivity contribution in [3.05, 3.63) is 98.1 Å². The quantitative estimate of drug-likeness (QED) is 0.247. The second-order valence-electron chi connectivity index (χ2n) is 6.09. The van der Waals surface area contributed by atoms with E-state index in [1.54, 1.807) is 24.3 Å². The van der Waals surface area contributed by atoms with Gasteiger partial charge >= 0.3 is 0 Å². The largest absolute Gasteiger partial charge is 0.489 e. The molecule has 0 unspecified atom stereocenters. The maximum absolute atomic E-state index is 12.4. The predicted octanol–water partition coefficient (Wildman–Crippen LogP) is 6.07. The lowest BCUT2D eigenvalue weighted by Crippen LogP contribution is -2.13. The number of benzene rings is 3. The summed E-state index contributed by atoms with van der Waals surface area (Å²) in [6.07, 6.45) is 1.53. The number of nitrogens with one attached hydrogen (secondary N) is 1. The van der Waals surface area contributed by atoms with Gasteiger partial charge in [-0.05, 0) is 70.6 Å². The van der Waals surface area contributed by atoms with Crippen LogP contribution in [0.5, 0.6) is 5.75 Å². The van der Waals surface area contributed by atoms with Crippen LogP contribution in [0.2, 0.25) is 5.02 Å². The Hall–Kier alpha value is -2.82. The third-order valence-corrected chi connectivity index (χ3v) is 5.01. The van der Waals surface area contributed by atoms with Crippen molar-refractivity contribution in [3.63, 3.8) is 0 Å². The van der Waals surface area contributed by atoms with E-state index in [2.05, 4.69) is 27.9 Å². The van der Waals surface area contributed by atoms with Crippen molar-refractivity contribution in [3.8, 4) is 11.8 Å². The summed E-state index contributed by atoms with van der Waals surface area (Å²) in [7, 11) is 0. The number of halogens is 2. The summed E-state index contributed by atoms with van der Waals surface area (Å²) in [6.45, 7) is 0.324. The third-order valence-electron chi connectivity index (χ3n) is 3.97. The van der Waals surface area contributed by atoms with Crippen molar-refractivity contribution in [1.29, 1.82) is 5.26 Å². The number of anilines is 1. The maximum Gasteiger partial charge on any atom is 0.266 e. The van der Waals surface area contributed by atoms with Crippen LogP contribution in [0.3, 0.4) is 0 Å². The normalized spacial score (nSPS) is 10.9. The third kappa shape index (κ3) is 6.08. The Morgan fingerprint density at radius 3 is 2.66 bits per heavy atom. The molecule has 144 valence electrons. The zero-order chi connectivity index (χ0) is 20.6. The van der Waals surface area contributed by atoms with Gasteiger partial charge in [0, 0.05) is 19.8 Å². The van der Waals surface area contributed by atoms with Crippen LogP contribution in [-0.4, -0.2) is 5.91 Å². The van der Waals surface area contributed by atoms with E-state index in [-0.39, 0.29) is 5.57 Å². The molecule has 3 aromatic rings. The molecule has 3 rings (SSSR count). The summed E-state index contributed by atoms with van der Waals surface area (Å²) in [5.74, 6) is 0.158. The summed E-state index contributed by atoms with van der Waals surface area (Å²) >= 11 is 8.31. The van der Waals surface area contributed by atoms with Gasteiger partial charge in [0.1, 0.15) is 24.0 Å². The molecule has 0 heterocycles. The lowest BCUT2D eigenvalue weighted by molar-refractivity contribution is -0.112. The fourth-order valence-electron chi connectivity index (χ4n) is 2.55. The molecule has 4 nitrogen and oxygen atoms in total. The molecule has 0 aliphatic rings. The first-order valence-electron chi connectivity index (χ1n) is 8.70. The van der Waals surface area contributed by atoms with Crippen LogP contribution < -0.4 is 10.1 Å². The number of carbonyl (C=O) groups excluding carboxylic acids is 1. The number of carbonyl (C=O) groups is 1. The first-order valence-corrected chi connectivity index (χ1v) is 10.2. The van der Waals surface area contributed by atoms with Crippen LogP contribution in [0.4, 0.5) is 5.69 Å². The monoisotopic (exact) mass is 514 g/mol. The Labute approximate surface area is 187 Å². The summed E-state index contributed by atoms with van der Waals surface area (Å²) in [5.41, 5.74) is 2.22. The van der Waals surface area contributed by atoms with E-state index in [4.69, 9.17) is 16.3 Å². The van der Waals surface area contributed by atoms with Crippen LogP contribution in [0, 0.1) is 14.9 Å². The Morgan fingerprint density at radius 1 is 1.10 bits per heavy atom. The molecule has 0 spiro atoms. The average Bonchev–Trinajstić information content (AvgIpc) is 2.71. The molecule has 0 aliphatic carbocycles. The number of hydrogen-bond acceptors (Lipinski definition) is 3. The van der Waals surface area contributed by atoms with Gasteiger partial charge in [-0.2, -0.15) is 5.26 Å². The first-order chi connectivity index (χ1) is 14.0. The number of amides is 1. The van der Waals surface area contributed by atoms with Crippen LogP contribution in [0.15, 0.2) is 78.4 Å². The van der Waals surface area contributed by atoms with Crippen LogP contribution in [0.1, 0.15) is 11.1 Å². The van der Waals surface area contributed by atoms with E-state index in [9.17, 15) is 10.1 Å². The number of nitriles is 1. The molecule has 3 aromatic carbocycles. The second kappa shape index (κ2) is 10.1. The fraction of sp³-hybridized carbons (Fsp3) is 0.0435. The molecule has 1 amide bonds. The molecular weight excluding hydrogens is 499 g/mol. The topological polar surface area (TPSA) is 62.1 Å². The smallest absolute Gasteiger partial charge is 0.266 e. The highest BCUT2D eigenvalue weighted by Crippen LogP contribution is 2.21. The van der Waals surface area contributed by atoms with Crippen LogP contribution in [-0.2, 0) is 11.4 Å². The highest BCUT2D eigenvalue weighted by Gasteiger charge is 2.10. The Morgan fingerprint density at radius 2 is 1.90 bits per heavy atom. The summed E-state index contributed by atoms with van der Waals surface area (Å²) < 4.78 is 6.79. The average molecular weight is 515 g/mol. The van der Waals surface area contributed by atoms with Crippen molar-refractivity contribution in [2.45, 2.75) is 6.61 Å². The van der Waals surface area contributed by atoms with Gasteiger partial charge in [-0.3, -0.25) is 4.79 Å². The molecule has 1 N–H and O–H groups in total. The van der Waals surface area contributed by atoms with Gasteiger partial charge in [-0.25, -0.2) is 0 Å². The van der Waals surface area contributed by atoms with Crippen molar-refractivity contribution in [2.24, 2.45) is 0 Å². The highest BCUT2D eigenvalue weighted by molar-refractivity contribution is 14.1. The minimum absolute atomic E-state index is 0.00659. The van der Waals surface area contributed by atoms with Gasteiger partial charge in [0.05, 0.1) is 0 Å². The molecule has 0 saturated carbocycles. The Bertz CT molecular complexity index is 1110. The van der Waals surface area contributed by atoms with Gasteiger partial charge in [-0.1, -0.05) is 48.0 Å². The molecule has 0 atom stereocenters. The van der Waals surface area contributed by atoms with E-state index >= 15 is 0 Å². The first kappa shape index (κ1) is 20.9. The number of rotatable bonds is 6. The van der Waals surface area contributed by atoms with E-state index in [0.717, 1.165) is 9.13 Å². The molecule has 29 heavy (non-hydrogen) atoms. The molecule has 0 aliphatic heterocycles. The van der Waals surface area contributed by atoms with Crippen molar-refractivity contribution in [2.75, 3.05) is 5.32 Å². The highest BCUT2D eigenvalue weighted by atomic mass is 127. The molecule has 0 radical (unpaired) electrons. The second-order valence-corrected chi connectivity index (χ2v) is 7.74. The standard InChI is InChI=1S/C23H16ClIN2O2/c24-22-10-2-1-6-17(22)15-29-21-9-3-5-16(12-21)11-18(14-26)23(28)27-20-8-4-7-19(25)13-20/h1-13H,15H2,(H,27,28)/b18-11+. The molecule has 0 aromatic heterocycles. The maximum atomic E-state index is 12.4. The van der Waals surface area contributed by atoms with Crippen LogP contribution in [0.25, 0.3) is 6.08 Å². The Kier molecular flexibility index (Phi) is 7.28. The Balaban J connectivity index is 1.72. The van der Waals surface area contributed by atoms with E-state index in [0.29, 0.717) is 28.6 Å². The molecular formula is C23H16ClIN2O2. The van der Waals surface area contributed by atoms with E-state index < -0.39 is 5.91 Å². The van der Waals surface area contributed by atoms with E-state index in [1.165, 1.54) is 6.08 Å². The minimum atomic E-state index is -0.461. The number of nitrogens with zero attached hydrogens (tertiary/aromatic N) is 1. The summed E-state index contributed by atoms with van der Waals surface area (Å²) in [4.78, 5) is 12.4. The van der Waals surface area contributed by atoms with Crippen LogP contribution >= 0.6 is 34.2 Å². The SMILES string of the molecule is N#C/C(=C\c1cccc(OCc2ccccc2Cl)c1)C(=O)Nc1cccc(I)c1. The lowest BCUT2D eigenvalue weighted by atomic mass is 10.1. The lowest BCUT2D eigenvalue weighted by Gasteiger charge is -2.09. The molecule has 0 saturated heterocycles. The van der Waals surface area contributed by atoms with E-state index in [1.807, 2.05) is 54.6 Å². The van der Waals surface area contributed by atoms with Gasteiger partial charge in [0.2, 0.25) is 0 Å². The van der Waals surface area contributed by atoms with Gasteiger partial charge < -0.3 is 10.1 Å². The van der Waals surface area contributed by atoms with Crippen molar-refractivity contribution < 1.29 is 9.53 Å². The van der Waals surface area contributed by atoms with Crippen molar-refractivity contribution >= 4 is 51.9 Å². The predicted molar refractivity (Wildman–Crippen MR) is 124 cm³/mol. The number of ether oxygens (including phenoxy) is 1. The fourth-order valence-corrected chi connectivity index (χ4v) is 3.28. The zero-order valence-electron chi connectivity index (χ0n) is 15.2. The van der Waals surface area contributed by atoms with Gasteiger partial charge in [0.25, 0.3) is 5.91 Å².